The molecule has 0 aliphatic heterocycles. The van der Waals surface area contributed by atoms with Gasteiger partial charge < -0.3 is 9.90 Å². The van der Waals surface area contributed by atoms with Gasteiger partial charge in [-0.3, -0.25) is 0 Å². The number of hydrogen-bond donors (Lipinski definition) is 0. The van der Waals surface area contributed by atoms with E-state index in [9.17, 15) is 0 Å². The van der Waals surface area contributed by atoms with Crippen molar-refractivity contribution in [2.24, 2.45) is 0 Å². The molecular weight excluding hydrogens is 520 g/mol. The lowest BCUT2D eigenvalue weighted by Gasteiger charge is -2.11. The Bertz CT molecular complexity index is 1460. The van der Waals surface area contributed by atoms with Crippen molar-refractivity contribution in [1.29, 1.82) is 0 Å². The van der Waals surface area contributed by atoms with Gasteiger partial charge in [0.25, 0.3) is 0 Å². The molecule has 2 nitrogen and oxygen atoms in total. The first kappa shape index (κ1) is 27.7. The van der Waals surface area contributed by atoms with Crippen molar-refractivity contribution in [3.8, 4) is 33.4 Å². The van der Waals surface area contributed by atoms with Crippen molar-refractivity contribution in [3.63, 3.8) is 0 Å². The van der Waals surface area contributed by atoms with Gasteiger partial charge in [0.1, 0.15) is 0 Å². The Labute approximate surface area is 244 Å². The van der Waals surface area contributed by atoms with Crippen molar-refractivity contribution >= 4 is 16.9 Å². The minimum absolute atomic E-state index is 0.209. The molecular formula is C38H30O2S. The predicted molar refractivity (Wildman–Crippen MR) is 168 cm³/mol. The quantitative estimate of drug-likeness (QED) is 0.195. The van der Waals surface area contributed by atoms with E-state index in [0.29, 0.717) is 0 Å². The van der Waals surface area contributed by atoms with Crippen LogP contribution in [0.15, 0.2) is 178 Å². The van der Waals surface area contributed by atoms with E-state index >= 15 is 0 Å². The van der Waals surface area contributed by atoms with Crippen LogP contribution in [0, 0.1) is 0 Å². The summed E-state index contributed by atoms with van der Waals surface area (Å²) >= 11 is 0. The van der Waals surface area contributed by atoms with E-state index in [0.717, 1.165) is 6.92 Å². The molecule has 0 saturated carbocycles. The Morgan fingerprint density at radius 1 is 0.390 bits per heavy atom. The maximum atomic E-state index is 8.89. The Kier molecular flexibility index (Phi) is 9.10. The fourth-order valence-electron chi connectivity index (χ4n) is 4.65. The number of carbonyl (C=O) groups is 1. The van der Waals surface area contributed by atoms with Crippen LogP contribution < -0.4 is 5.11 Å². The Morgan fingerprint density at radius 3 is 0.805 bits per heavy atom. The van der Waals surface area contributed by atoms with E-state index in [1.807, 2.05) is 0 Å². The summed E-state index contributed by atoms with van der Waals surface area (Å²) in [6, 6.07) is 59.0. The molecule has 0 heterocycles. The monoisotopic (exact) mass is 550 g/mol. The van der Waals surface area contributed by atoms with E-state index in [2.05, 4.69) is 164 Å². The minimum Gasteiger partial charge on any atom is -0.550 e. The van der Waals surface area contributed by atoms with Gasteiger partial charge in [-0.1, -0.05) is 91.0 Å². The third-order valence-corrected chi connectivity index (χ3v) is 8.82. The topological polar surface area (TPSA) is 40.1 Å². The molecule has 3 heteroatoms. The fourth-order valence-corrected chi connectivity index (χ4v) is 6.69. The molecule has 0 radical (unpaired) electrons. The van der Waals surface area contributed by atoms with Crippen LogP contribution in [0.4, 0.5) is 0 Å². The van der Waals surface area contributed by atoms with Crippen LogP contribution in [-0.4, -0.2) is 5.97 Å². The van der Waals surface area contributed by atoms with Gasteiger partial charge in [0.2, 0.25) is 0 Å². The molecule has 6 rings (SSSR count). The zero-order chi connectivity index (χ0) is 28.4. The zero-order valence-corrected chi connectivity index (χ0v) is 23.6. The Hall–Kier alpha value is -4.86. The van der Waals surface area contributed by atoms with Crippen LogP contribution in [0.1, 0.15) is 6.92 Å². The number of carboxylic acid groups (broad SMARTS) is 1. The van der Waals surface area contributed by atoms with Gasteiger partial charge in [-0.05, 0) is 113 Å². The van der Waals surface area contributed by atoms with Gasteiger partial charge in [0.15, 0.2) is 14.7 Å². The normalized spacial score (nSPS) is 10.5. The Balaban J connectivity index is 0.000000794. The van der Waals surface area contributed by atoms with Crippen molar-refractivity contribution in [3.05, 3.63) is 164 Å². The second kappa shape index (κ2) is 13.5. The molecule has 0 aromatic heterocycles. The number of hydrogen-bond acceptors (Lipinski definition) is 2. The largest absolute Gasteiger partial charge is 0.550 e. The van der Waals surface area contributed by atoms with Gasteiger partial charge in [-0.15, -0.1) is 0 Å². The molecule has 0 N–H and O–H groups in total. The van der Waals surface area contributed by atoms with Gasteiger partial charge in [-0.25, -0.2) is 0 Å². The Morgan fingerprint density at radius 2 is 0.585 bits per heavy atom. The van der Waals surface area contributed by atoms with E-state index in [-0.39, 0.29) is 10.9 Å². The minimum atomic E-state index is -1.08. The van der Waals surface area contributed by atoms with Crippen LogP contribution in [0.25, 0.3) is 33.4 Å². The highest BCUT2D eigenvalue weighted by Crippen LogP contribution is 2.35. The van der Waals surface area contributed by atoms with Gasteiger partial charge >= 0.3 is 0 Å². The highest BCUT2D eigenvalue weighted by atomic mass is 32.2. The molecule has 0 atom stereocenters. The standard InChI is InChI=1S/C36H27S.C2H4O2/c1-4-10-28(11-5-1)31-16-22-34(23-17-31)37(35-24-18-32(19-25-35)29-12-6-2-7-13-29)36-26-20-33(21-27-36)30-14-8-3-9-15-30;1-2(3)4/h1-27H;1H3,(H,3,4)/q+1;/p-1. The fraction of sp³-hybridized carbons (Fsp3) is 0.0263. The van der Waals surface area contributed by atoms with E-state index in [1.54, 1.807) is 0 Å². The average molecular weight is 551 g/mol. The molecule has 0 aliphatic rings. The predicted octanol–water partition coefficient (Wildman–Crippen LogP) is 8.54. The maximum Gasteiger partial charge on any atom is 0.166 e. The van der Waals surface area contributed by atoms with E-state index < -0.39 is 5.97 Å². The van der Waals surface area contributed by atoms with Crippen LogP contribution in [0.5, 0.6) is 0 Å². The SMILES string of the molecule is CC(=O)[O-].c1ccc(-c2ccc([S+](c3ccc(-c4ccccc4)cc3)c3ccc(-c4ccccc4)cc3)cc2)cc1. The number of carbonyl (C=O) groups excluding carboxylic acids is 1. The second-order valence-corrected chi connectivity index (χ2v) is 11.5. The molecule has 0 bridgehead atoms. The lowest BCUT2D eigenvalue weighted by molar-refractivity contribution is -0.302. The van der Waals surface area contributed by atoms with Crippen LogP contribution in [-0.2, 0) is 15.7 Å². The van der Waals surface area contributed by atoms with Gasteiger partial charge in [-0.2, -0.15) is 0 Å². The summed E-state index contributed by atoms with van der Waals surface area (Å²) in [6.07, 6.45) is 0. The summed E-state index contributed by atoms with van der Waals surface area (Å²) < 4.78 is 0. The summed E-state index contributed by atoms with van der Waals surface area (Å²) in [7, 11) is -0.209. The third kappa shape index (κ3) is 7.21. The number of rotatable bonds is 6. The van der Waals surface area contributed by atoms with Crippen molar-refractivity contribution in [2.45, 2.75) is 21.6 Å². The molecule has 0 aliphatic carbocycles. The first-order chi connectivity index (χ1) is 20.1. The highest BCUT2D eigenvalue weighted by Gasteiger charge is 2.28. The number of aliphatic carboxylic acids is 1. The van der Waals surface area contributed by atoms with E-state index in [4.69, 9.17) is 9.90 Å². The maximum absolute atomic E-state index is 8.89. The van der Waals surface area contributed by atoms with Gasteiger partial charge in [0.05, 0.1) is 10.9 Å². The van der Waals surface area contributed by atoms with Crippen LogP contribution in [0.2, 0.25) is 0 Å². The molecule has 6 aromatic rings. The summed E-state index contributed by atoms with van der Waals surface area (Å²) in [5.41, 5.74) is 7.46. The molecule has 0 fully saturated rings. The smallest absolute Gasteiger partial charge is 0.166 e. The van der Waals surface area contributed by atoms with Crippen LogP contribution in [0.3, 0.4) is 0 Å². The van der Waals surface area contributed by atoms with Crippen molar-refractivity contribution in [1.82, 2.24) is 0 Å². The first-order valence-electron chi connectivity index (χ1n) is 13.5. The van der Waals surface area contributed by atoms with Crippen molar-refractivity contribution in [2.75, 3.05) is 0 Å². The zero-order valence-electron chi connectivity index (χ0n) is 22.8. The lowest BCUT2D eigenvalue weighted by Crippen LogP contribution is -2.16. The van der Waals surface area contributed by atoms with Crippen molar-refractivity contribution < 1.29 is 9.90 Å². The first-order valence-corrected chi connectivity index (χ1v) is 14.7. The summed E-state index contributed by atoms with van der Waals surface area (Å²) in [4.78, 5) is 12.8. The molecule has 0 spiro atoms. The lowest BCUT2D eigenvalue weighted by atomic mass is 10.1. The molecule has 200 valence electrons. The summed E-state index contributed by atoms with van der Waals surface area (Å²) in [6.45, 7) is 0.972. The van der Waals surface area contributed by atoms with E-state index in [1.165, 1.54) is 48.1 Å². The molecule has 0 saturated heterocycles. The highest BCUT2D eigenvalue weighted by molar-refractivity contribution is 7.97. The van der Waals surface area contributed by atoms with Crippen LogP contribution >= 0.6 is 0 Å². The third-order valence-electron chi connectivity index (χ3n) is 6.59. The summed E-state index contributed by atoms with van der Waals surface area (Å²) in [5.74, 6) is -1.08. The molecule has 0 amide bonds. The molecule has 41 heavy (non-hydrogen) atoms. The average Bonchev–Trinajstić information content (AvgIpc) is 3.03. The second-order valence-electron chi connectivity index (χ2n) is 9.47. The van der Waals surface area contributed by atoms with Gasteiger partial charge in [0, 0.05) is 5.97 Å². The summed E-state index contributed by atoms with van der Waals surface area (Å²) in [5, 5.41) is 8.89. The number of benzene rings is 6. The molecule has 6 aromatic carbocycles. The molecule has 0 unspecified atom stereocenters. The number of carboxylic acids is 1.